The van der Waals surface area contributed by atoms with Crippen molar-refractivity contribution in [2.45, 2.75) is 0 Å². The van der Waals surface area contributed by atoms with Crippen LogP contribution in [0, 0.1) is 0 Å². The Bertz CT molecular complexity index is 3480. The Morgan fingerprint density at radius 2 is 1.00 bits per heavy atom. The van der Waals surface area contributed by atoms with Crippen molar-refractivity contribution in [3.8, 4) is 16.8 Å². The van der Waals surface area contributed by atoms with Gasteiger partial charge in [-0.15, -0.1) is 22.7 Å². The zero-order chi connectivity index (χ0) is 36.7. The maximum absolute atomic E-state index is 2.44. The number of anilines is 3. The molecule has 12 aromatic rings. The molecule has 0 amide bonds. The van der Waals surface area contributed by atoms with Gasteiger partial charge in [0.1, 0.15) is 0 Å². The van der Waals surface area contributed by atoms with Crippen molar-refractivity contribution >= 4 is 113 Å². The number of thiophene rings is 2. The van der Waals surface area contributed by atoms with E-state index in [-0.39, 0.29) is 0 Å². The summed E-state index contributed by atoms with van der Waals surface area (Å²) in [7, 11) is 0. The molecule has 262 valence electrons. The number of benzene rings is 9. The summed E-state index contributed by atoms with van der Waals surface area (Å²) in [4.78, 5) is 2.38. The lowest BCUT2D eigenvalue weighted by Crippen LogP contribution is -2.09. The molecule has 0 aliphatic rings. The second-order valence-corrected chi connectivity index (χ2v) is 16.7. The van der Waals surface area contributed by atoms with Crippen LogP contribution in [0.2, 0.25) is 0 Å². The first-order valence-corrected chi connectivity index (χ1v) is 20.6. The van der Waals surface area contributed by atoms with E-state index in [1.54, 1.807) is 0 Å². The average Bonchev–Trinajstić information content (AvgIpc) is 3.93. The summed E-state index contributed by atoms with van der Waals surface area (Å²) in [6, 6.07) is 71.4. The summed E-state index contributed by atoms with van der Waals surface area (Å²) >= 11 is 3.74. The molecule has 0 unspecified atom stereocenters. The predicted octanol–water partition coefficient (Wildman–Crippen LogP) is 15.8. The van der Waals surface area contributed by atoms with Crippen molar-refractivity contribution in [1.82, 2.24) is 4.57 Å². The Morgan fingerprint density at radius 3 is 1.86 bits per heavy atom. The molecule has 9 aromatic carbocycles. The maximum atomic E-state index is 2.44. The minimum Gasteiger partial charge on any atom is -0.310 e. The summed E-state index contributed by atoms with van der Waals surface area (Å²) < 4.78 is 7.71. The summed E-state index contributed by atoms with van der Waals surface area (Å²) in [5.74, 6) is 0. The first-order chi connectivity index (χ1) is 27.7. The number of hydrogen-bond acceptors (Lipinski definition) is 3. The van der Waals surface area contributed by atoms with Crippen LogP contribution in [0.25, 0.3) is 89.7 Å². The smallest absolute Gasteiger partial charge is 0.0547 e. The van der Waals surface area contributed by atoms with Crippen LogP contribution >= 0.6 is 22.7 Å². The molecule has 4 heteroatoms. The lowest BCUT2D eigenvalue weighted by Gasteiger charge is -2.26. The van der Waals surface area contributed by atoms with Crippen molar-refractivity contribution in [3.05, 3.63) is 194 Å². The van der Waals surface area contributed by atoms with Crippen LogP contribution < -0.4 is 4.90 Å². The molecule has 0 fully saturated rings. The molecule has 0 N–H and O–H groups in total. The van der Waals surface area contributed by atoms with Crippen molar-refractivity contribution in [3.63, 3.8) is 0 Å². The van der Waals surface area contributed by atoms with Gasteiger partial charge in [-0.3, -0.25) is 0 Å². The summed E-state index contributed by atoms with van der Waals surface area (Å²) in [5, 5.41) is 10.4. The molecule has 56 heavy (non-hydrogen) atoms. The van der Waals surface area contributed by atoms with Gasteiger partial charge in [0, 0.05) is 73.9 Å². The molecule has 3 aromatic heterocycles. The van der Waals surface area contributed by atoms with Crippen LogP contribution in [0.15, 0.2) is 194 Å². The van der Waals surface area contributed by atoms with Gasteiger partial charge in [-0.05, 0) is 113 Å². The molecule has 0 saturated carbocycles. The van der Waals surface area contributed by atoms with Crippen LogP contribution in [0.3, 0.4) is 0 Å². The molecule has 2 nitrogen and oxygen atoms in total. The van der Waals surface area contributed by atoms with E-state index in [0.29, 0.717) is 0 Å². The molecule has 12 rings (SSSR count). The van der Waals surface area contributed by atoms with E-state index >= 15 is 0 Å². The minimum absolute atomic E-state index is 1.12. The second kappa shape index (κ2) is 12.4. The molecule has 0 saturated heterocycles. The fourth-order valence-electron chi connectivity index (χ4n) is 8.80. The highest BCUT2D eigenvalue weighted by Crippen LogP contribution is 2.44. The van der Waals surface area contributed by atoms with E-state index < -0.39 is 0 Å². The monoisotopic (exact) mass is 748 g/mol. The van der Waals surface area contributed by atoms with Gasteiger partial charge in [0.05, 0.1) is 11.0 Å². The Kier molecular flexibility index (Phi) is 7.00. The Labute approximate surface area is 331 Å². The van der Waals surface area contributed by atoms with Crippen LogP contribution in [0.1, 0.15) is 0 Å². The summed E-state index contributed by atoms with van der Waals surface area (Å²) in [5.41, 5.74) is 9.37. The third-order valence-corrected chi connectivity index (χ3v) is 13.6. The molecular weight excluding hydrogens is 717 g/mol. The fourth-order valence-corrected chi connectivity index (χ4v) is 11.1. The molecule has 0 atom stereocenters. The third-order valence-electron chi connectivity index (χ3n) is 11.3. The number of nitrogens with zero attached hydrogens (tertiary/aromatic N) is 2. The molecule has 3 heterocycles. The molecule has 0 aliphatic heterocycles. The Hall–Kier alpha value is -6.72. The van der Waals surface area contributed by atoms with Gasteiger partial charge in [-0.2, -0.15) is 0 Å². The Morgan fingerprint density at radius 1 is 0.339 bits per heavy atom. The lowest BCUT2D eigenvalue weighted by atomic mass is 9.99. The first kappa shape index (κ1) is 31.6. The third kappa shape index (κ3) is 4.86. The summed E-state index contributed by atoms with van der Waals surface area (Å²) in [6.07, 6.45) is 0. The van der Waals surface area contributed by atoms with Gasteiger partial charge >= 0.3 is 0 Å². The molecule has 0 bridgehead atoms. The van der Waals surface area contributed by atoms with Crippen LogP contribution in [0.5, 0.6) is 0 Å². The highest BCUT2D eigenvalue weighted by Gasteiger charge is 2.19. The highest BCUT2D eigenvalue weighted by atomic mass is 32.1. The van der Waals surface area contributed by atoms with Gasteiger partial charge in [0.2, 0.25) is 0 Å². The number of fused-ring (bicyclic) bond motifs is 11. The Balaban J connectivity index is 1.05. The van der Waals surface area contributed by atoms with Crippen molar-refractivity contribution in [2.24, 2.45) is 0 Å². The zero-order valence-corrected chi connectivity index (χ0v) is 31.8. The van der Waals surface area contributed by atoms with Crippen LogP contribution in [0.4, 0.5) is 17.1 Å². The number of hydrogen-bond donors (Lipinski definition) is 0. The molecule has 0 radical (unpaired) electrons. The lowest BCUT2D eigenvalue weighted by molar-refractivity contribution is 1.18. The van der Waals surface area contributed by atoms with Crippen molar-refractivity contribution < 1.29 is 0 Å². The van der Waals surface area contributed by atoms with Gasteiger partial charge in [0.25, 0.3) is 0 Å². The largest absolute Gasteiger partial charge is 0.310 e. The minimum atomic E-state index is 1.12. The number of rotatable bonds is 5. The quantitative estimate of drug-likeness (QED) is 0.170. The number of para-hydroxylation sites is 2. The molecular formula is C52H32N2S2. The second-order valence-electron chi connectivity index (χ2n) is 14.5. The zero-order valence-electron chi connectivity index (χ0n) is 30.2. The summed E-state index contributed by atoms with van der Waals surface area (Å²) in [6.45, 7) is 0. The van der Waals surface area contributed by atoms with Gasteiger partial charge < -0.3 is 9.47 Å². The number of aromatic nitrogens is 1. The highest BCUT2D eigenvalue weighted by molar-refractivity contribution is 7.26. The normalized spacial score (nSPS) is 11.9. The van der Waals surface area contributed by atoms with Crippen molar-refractivity contribution in [1.29, 1.82) is 0 Å². The van der Waals surface area contributed by atoms with E-state index in [0.717, 1.165) is 22.7 Å². The van der Waals surface area contributed by atoms with E-state index in [4.69, 9.17) is 0 Å². The SMILES string of the molecule is c1ccc(N(c2cccc(-c3ccc4c(c3)c3cc5ccc6sc7ccccc7c6c5cc3n4-c3ccccc3)c2)c2ccc3c(c2)sc2ccccc23)cc1. The van der Waals surface area contributed by atoms with Crippen molar-refractivity contribution in [2.75, 3.05) is 4.90 Å². The van der Waals surface area contributed by atoms with E-state index in [9.17, 15) is 0 Å². The van der Waals surface area contributed by atoms with Gasteiger partial charge in [-0.1, -0.05) is 103 Å². The van der Waals surface area contributed by atoms with E-state index in [1.165, 1.54) is 84.0 Å². The molecule has 0 spiro atoms. The maximum Gasteiger partial charge on any atom is 0.0547 e. The van der Waals surface area contributed by atoms with Gasteiger partial charge in [0.15, 0.2) is 0 Å². The molecule has 0 aliphatic carbocycles. The fraction of sp³-hybridized carbons (Fsp3) is 0. The van der Waals surface area contributed by atoms with Crippen LogP contribution in [-0.4, -0.2) is 4.57 Å². The standard InChI is InChI=1S/C52H32N2S2/c1-3-13-36(14-4-1)53(39-24-25-41-40-18-7-9-20-48(40)56-51(41)31-39)38-17-11-12-33(28-38)34-22-26-46-44(29-34)45-30-35-23-27-50-52(42-19-8-10-21-49(42)55-50)43(35)32-47(45)54(46)37-15-5-2-6-16-37/h1-32H. The van der Waals surface area contributed by atoms with Crippen LogP contribution in [-0.2, 0) is 0 Å². The predicted molar refractivity (Wildman–Crippen MR) is 244 cm³/mol. The average molecular weight is 749 g/mol. The topological polar surface area (TPSA) is 8.17 Å². The van der Waals surface area contributed by atoms with E-state index in [2.05, 4.69) is 204 Å². The first-order valence-electron chi connectivity index (χ1n) is 19.0. The van der Waals surface area contributed by atoms with Gasteiger partial charge in [-0.25, -0.2) is 0 Å². The van der Waals surface area contributed by atoms with E-state index in [1.807, 2.05) is 22.7 Å².